The lowest BCUT2D eigenvalue weighted by Crippen LogP contribution is -2.45. The van der Waals surface area contributed by atoms with Crippen LogP contribution >= 0.6 is 11.8 Å². The van der Waals surface area contributed by atoms with Crippen LogP contribution in [0.4, 0.5) is 9.18 Å². The summed E-state index contributed by atoms with van der Waals surface area (Å²) in [6.45, 7) is 0.694. The molecule has 2 fully saturated rings. The molecule has 1 N–H and O–H groups in total. The third-order valence-corrected chi connectivity index (χ3v) is 5.89. The van der Waals surface area contributed by atoms with Crippen LogP contribution in [0.25, 0.3) is 6.08 Å². The summed E-state index contributed by atoms with van der Waals surface area (Å²) in [4.78, 5) is 40.4. The Balaban J connectivity index is 1.62. The van der Waals surface area contributed by atoms with E-state index in [9.17, 15) is 23.9 Å². The van der Waals surface area contributed by atoms with Gasteiger partial charge in [0.1, 0.15) is 5.82 Å². The quantitative estimate of drug-likeness (QED) is 0.735. The zero-order chi connectivity index (χ0) is 20.1. The van der Waals surface area contributed by atoms with Gasteiger partial charge in [0.2, 0.25) is 5.91 Å². The van der Waals surface area contributed by atoms with Crippen molar-refractivity contribution in [3.05, 3.63) is 40.6 Å². The predicted octanol–water partition coefficient (Wildman–Crippen LogP) is 3.02. The van der Waals surface area contributed by atoms with Gasteiger partial charge >= 0.3 is 0 Å². The van der Waals surface area contributed by atoms with Gasteiger partial charge in [-0.2, -0.15) is 0 Å². The van der Waals surface area contributed by atoms with Crippen molar-refractivity contribution in [3.63, 3.8) is 0 Å². The second-order valence-corrected chi connectivity index (χ2v) is 7.88. The summed E-state index contributed by atoms with van der Waals surface area (Å²) in [7, 11) is 0. The lowest BCUT2D eigenvalue weighted by atomic mass is 9.99. The molecule has 0 bridgehead atoms. The van der Waals surface area contributed by atoms with Crippen molar-refractivity contribution in [1.82, 2.24) is 9.80 Å². The number of halogens is 1. The fourth-order valence-corrected chi connectivity index (χ4v) is 4.43. The number of piperidine rings is 1. The molecular weight excluding hydrogens is 383 g/mol. The van der Waals surface area contributed by atoms with Crippen LogP contribution in [-0.4, -0.2) is 57.7 Å². The fraction of sp³-hybridized carbons (Fsp3) is 0.450. The second-order valence-electron chi connectivity index (χ2n) is 6.89. The SMILES string of the molecule is O=C1S/C(=C\c2cccc(F)c2)C(=O)N1CCC(=O)N1CCCCC1CCO. The maximum atomic E-state index is 13.3. The topological polar surface area (TPSA) is 77.9 Å². The predicted molar refractivity (Wildman–Crippen MR) is 105 cm³/mol. The number of likely N-dealkylation sites (tertiary alicyclic amines) is 1. The summed E-state index contributed by atoms with van der Waals surface area (Å²) in [5.74, 6) is -0.985. The van der Waals surface area contributed by atoms with Crippen molar-refractivity contribution in [2.75, 3.05) is 19.7 Å². The maximum absolute atomic E-state index is 13.3. The van der Waals surface area contributed by atoms with Crippen LogP contribution in [0.3, 0.4) is 0 Å². The molecule has 0 spiro atoms. The van der Waals surface area contributed by atoms with Gasteiger partial charge < -0.3 is 10.0 Å². The standard InChI is InChI=1S/C20H23FN2O4S/c21-15-5-3-4-14(12-15)13-17-19(26)23(20(27)28-17)10-7-18(25)22-9-2-1-6-16(22)8-11-24/h3-5,12-13,16,24H,1-2,6-11H2/b17-13-. The first-order valence-electron chi connectivity index (χ1n) is 9.41. The summed E-state index contributed by atoms with van der Waals surface area (Å²) < 4.78 is 13.3. The molecule has 2 aliphatic heterocycles. The third-order valence-electron chi connectivity index (χ3n) is 4.98. The van der Waals surface area contributed by atoms with Crippen molar-refractivity contribution in [2.45, 2.75) is 38.1 Å². The van der Waals surface area contributed by atoms with E-state index in [4.69, 9.17) is 0 Å². The molecule has 1 aromatic carbocycles. The summed E-state index contributed by atoms with van der Waals surface area (Å²) in [6.07, 6.45) is 4.91. The molecule has 0 radical (unpaired) electrons. The highest BCUT2D eigenvalue weighted by Crippen LogP contribution is 2.32. The summed E-state index contributed by atoms with van der Waals surface area (Å²) in [6, 6.07) is 5.80. The van der Waals surface area contributed by atoms with Crippen molar-refractivity contribution >= 4 is 34.9 Å². The van der Waals surface area contributed by atoms with Gasteiger partial charge in [0, 0.05) is 32.2 Å². The van der Waals surface area contributed by atoms with E-state index in [0.717, 1.165) is 35.9 Å². The average Bonchev–Trinajstić information content (AvgIpc) is 2.93. The molecule has 0 aliphatic carbocycles. The number of aliphatic hydroxyl groups is 1. The van der Waals surface area contributed by atoms with Gasteiger partial charge in [-0.25, -0.2) is 4.39 Å². The monoisotopic (exact) mass is 406 g/mol. The van der Waals surface area contributed by atoms with Crippen LogP contribution in [0.1, 0.15) is 37.7 Å². The largest absolute Gasteiger partial charge is 0.396 e. The van der Waals surface area contributed by atoms with E-state index in [1.54, 1.807) is 11.0 Å². The molecule has 6 nitrogen and oxygen atoms in total. The molecule has 150 valence electrons. The molecule has 1 aromatic rings. The van der Waals surface area contributed by atoms with E-state index in [-0.39, 0.29) is 36.4 Å². The van der Waals surface area contributed by atoms with E-state index in [0.29, 0.717) is 18.5 Å². The molecule has 1 unspecified atom stereocenters. The van der Waals surface area contributed by atoms with Crippen LogP contribution in [0.15, 0.2) is 29.2 Å². The molecule has 28 heavy (non-hydrogen) atoms. The first-order chi connectivity index (χ1) is 13.5. The Labute approximate surface area is 167 Å². The second kappa shape index (κ2) is 9.34. The lowest BCUT2D eigenvalue weighted by Gasteiger charge is -2.36. The number of carbonyl (C=O) groups excluding carboxylic acids is 3. The Morgan fingerprint density at radius 2 is 2.14 bits per heavy atom. The summed E-state index contributed by atoms with van der Waals surface area (Å²) in [5.41, 5.74) is 0.502. The minimum atomic E-state index is -0.461. The minimum Gasteiger partial charge on any atom is -0.396 e. The minimum absolute atomic E-state index is 0.0202. The van der Waals surface area contributed by atoms with Crippen LogP contribution in [0.5, 0.6) is 0 Å². The highest BCUT2D eigenvalue weighted by molar-refractivity contribution is 8.18. The van der Waals surface area contributed by atoms with Crippen molar-refractivity contribution in [3.8, 4) is 0 Å². The Kier molecular flexibility index (Phi) is 6.85. The highest BCUT2D eigenvalue weighted by Gasteiger charge is 2.36. The van der Waals surface area contributed by atoms with E-state index in [1.807, 2.05) is 0 Å². The van der Waals surface area contributed by atoms with Crippen LogP contribution in [0, 0.1) is 5.82 Å². The van der Waals surface area contributed by atoms with Crippen LogP contribution in [0.2, 0.25) is 0 Å². The Bertz CT molecular complexity index is 796. The van der Waals surface area contributed by atoms with Gasteiger partial charge in [0.15, 0.2) is 0 Å². The van der Waals surface area contributed by atoms with Crippen LogP contribution in [-0.2, 0) is 9.59 Å². The summed E-state index contributed by atoms with van der Waals surface area (Å²) >= 11 is 0.797. The zero-order valence-corrected chi connectivity index (χ0v) is 16.3. The Morgan fingerprint density at radius 3 is 2.89 bits per heavy atom. The van der Waals surface area contributed by atoms with Crippen molar-refractivity contribution in [2.24, 2.45) is 0 Å². The number of aliphatic hydroxyl groups excluding tert-OH is 1. The van der Waals surface area contributed by atoms with Crippen LogP contribution < -0.4 is 0 Å². The van der Waals surface area contributed by atoms with Crippen molar-refractivity contribution < 1.29 is 23.9 Å². The van der Waals surface area contributed by atoms with E-state index < -0.39 is 17.0 Å². The van der Waals surface area contributed by atoms with E-state index >= 15 is 0 Å². The van der Waals surface area contributed by atoms with Gasteiger partial charge in [-0.15, -0.1) is 0 Å². The molecule has 3 rings (SSSR count). The maximum Gasteiger partial charge on any atom is 0.293 e. The number of carbonyl (C=O) groups is 3. The Morgan fingerprint density at radius 1 is 1.32 bits per heavy atom. The number of hydrogen-bond donors (Lipinski definition) is 1. The number of hydrogen-bond acceptors (Lipinski definition) is 5. The normalized spacial score (nSPS) is 21.6. The van der Waals surface area contributed by atoms with Gasteiger partial charge in [-0.3, -0.25) is 19.3 Å². The first kappa shape index (κ1) is 20.5. The van der Waals surface area contributed by atoms with E-state index in [2.05, 4.69) is 0 Å². The molecular formula is C20H23FN2O4S. The fourth-order valence-electron chi connectivity index (χ4n) is 3.57. The van der Waals surface area contributed by atoms with Crippen molar-refractivity contribution in [1.29, 1.82) is 0 Å². The third kappa shape index (κ3) is 4.80. The molecule has 8 heteroatoms. The van der Waals surface area contributed by atoms with Gasteiger partial charge in [-0.1, -0.05) is 12.1 Å². The smallest absolute Gasteiger partial charge is 0.293 e. The average molecular weight is 406 g/mol. The molecule has 2 aliphatic rings. The molecule has 0 saturated carbocycles. The van der Waals surface area contributed by atoms with Gasteiger partial charge in [-0.05, 0) is 61.2 Å². The highest BCUT2D eigenvalue weighted by atomic mass is 32.2. The molecule has 2 heterocycles. The van der Waals surface area contributed by atoms with E-state index in [1.165, 1.54) is 24.3 Å². The lowest BCUT2D eigenvalue weighted by molar-refractivity contribution is -0.135. The number of rotatable bonds is 6. The number of thioether (sulfide) groups is 1. The molecule has 2 saturated heterocycles. The first-order valence-corrected chi connectivity index (χ1v) is 10.2. The molecule has 3 amide bonds. The number of imide groups is 1. The number of benzene rings is 1. The number of amides is 3. The Hall–Kier alpha value is -2.19. The number of nitrogens with zero attached hydrogens (tertiary/aromatic N) is 2. The van der Waals surface area contributed by atoms with Gasteiger partial charge in [0.25, 0.3) is 11.1 Å². The molecule has 0 aromatic heterocycles. The summed E-state index contributed by atoms with van der Waals surface area (Å²) in [5, 5.41) is 8.76. The molecule has 1 atom stereocenters. The van der Waals surface area contributed by atoms with Gasteiger partial charge in [0.05, 0.1) is 4.91 Å². The zero-order valence-electron chi connectivity index (χ0n) is 15.5.